The Morgan fingerprint density at radius 2 is 1.53 bits per heavy atom. The van der Waals surface area contributed by atoms with E-state index in [9.17, 15) is 19.2 Å². The Kier molecular flexibility index (Phi) is 10.5. The predicted octanol–water partition coefficient (Wildman–Crippen LogP) is 5.12. The number of likely N-dealkylation sites (tertiary alicyclic amines) is 1. The summed E-state index contributed by atoms with van der Waals surface area (Å²) in [5, 5.41) is 6.85. The number of H-pyrrole nitrogens is 2. The number of furan rings is 1. The van der Waals surface area contributed by atoms with Gasteiger partial charge in [-0.2, -0.15) is 0 Å². The first kappa shape index (κ1) is 35.0. The summed E-state index contributed by atoms with van der Waals surface area (Å²) in [6, 6.07) is 11.8. The van der Waals surface area contributed by atoms with Gasteiger partial charge in [0.25, 0.3) is 0 Å². The Hall–Kier alpha value is -5.86. The van der Waals surface area contributed by atoms with E-state index in [-0.39, 0.29) is 43.4 Å². The molecule has 1 aliphatic heterocycles. The second-order valence-electron chi connectivity index (χ2n) is 12.4. The lowest BCUT2D eigenvalue weighted by molar-refractivity contribution is -0.132. The highest BCUT2D eigenvalue weighted by atomic mass is 16.5. The molecule has 4 N–H and O–H groups in total. The summed E-state index contributed by atoms with van der Waals surface area (Å²) >= 11 is 0. The number of alkyl carbamates (subject to hydrolysis) is 2. The maximum atomic E-state index is 13.0. The van der Waals surface area contributed by atoms with Crippen molar-refractivity contribution >= 4 is 45.9 Å². The molecule has 2 aromatic carbocycles. The Labute approximate surface area is 294 Å². The van der Waals surface area contributed by atoms with Crippen LogP contribution in [0.2, 0.25) is 0 Å². The van der Waals surface area contributed by atoms with Crippen LogP contribution < -0.4 is 10.6 Å². The minimum atomic E-state index is -0.660. The Morgan fingerprint density at radius 1 is 0.902 bits per heavy atom. The molecule has 2 atom stereocenters. The van der Waals surface area contributed by atoms with Crippen molar-refractivity contribution in [2.75, 3.05) is 40.4 Å². The molecule has 0 bridgehead atoms. The molecule has 6 rings (SSSR count). The van der Waals surface area contributed by atoms with E-state index in [1.807, 2.05) is 43.3 Å². The van der Waals surface area contributed by atoms with Crippen LogP contribution in [0.1, 0.15) is 50.8 Å². The molecular formula is C36H42N8O7. The lowest BCUT2D eigenvalue weighted by atomic mass is 9.97. The van der Waals surface area contributed by atoms with Gasteiger partial charge in [0, 0.05) is 35.0 Å². The second-order valence-corrected chi connectivity index (χ2v) is 12.4. The molecule has 0 saturated carbocycles. The summed E-state index contributed by atoms with van der Waals surface area (Å²) < 4.78 is 15.5. The first-order chi connectivity index (χ1) is 24.7. The number of ether oxygens (including phenoxy) is 2. The van der Waals surface area contributed by atoms with Crippen molar-refractivity contribution in [2.24, 2.45) is 5.92 Å². The zero-order valence-corrected chi connectivity index (χ0v) is 29.1. The Balaban J connectivity index is 1.19. The number of rotatable bonds is 12. The number of aromatic amines is 2. The number of nitrogens with zero attached hydrogens (tertiary/aromatic N) is 4. The van der Waals surface area contributed by atoms with Crippen molar-refractivity contribution in [1.29, 1.82) is 0 Å². The topological polar surface area (TPSA) is 188 Å². The van der Waals surface area contributed by atoms with Crippen LogP contribution in [0, 0.1) is 5.92 Å². The number of imidazole rings is 2. The summed E-state index contributed by atoms with van der Waals surface area (Å²) in [7, 11) is 2.51. The zero-order valence-electron chi connectivity index (χ0n) is 29.1. The minimum Gasteiger partial charge on any atom is -0.456 e. The van der Waals surface area contributed by atoms with Crippen molar-refractivity contribution in [1.82, 2.24) is 40.4 Å². The number of aromatic nitrogens is 4. The zero-order chi connectivity index (χ0) is 36.1. The van der Waals surface area contributed by atoms with Gasteiger partial charge in [-0.1, -0.05) is 32.4 Å². The number of carbonyl (C=O) groups is 4. The highest BCUT2D eigenvalue weighted by Gasteiger charge is 2.39. The van der Waals surface area contributed by atoms with Gasteiger partial charge < -0.3 is 44.3 Å². The van der Waals surface area contributed by atoms with E-state index in [1.54, 1.807) is 22.2 Å². The number of fused-ring (bicyclic) bond motifs is 3. The summed E-state index contributed by atoms with van der Waals surface area (Å²) in [6.45, 7) is 5.14. The number of benzene rings is 2. The van der Waals surface area contributed by atoms with E-state index in [1.165, 1.54) is 14.2 Å². The van der Waals surface area contributed by atoms with Crippen LogP contribution in [-0.2, 0) is 25.6 Å². The van der Waals surface area contributed by atoms with Crippen molar-refractivity contribution < 1.29 is 33.1 Å². The third-order valence-electron chi connectivity index (χ3n) is 9.29. The van der Waals surface area contributed by atoms with Gasteiger partial charge in [0.1, 0.15) is 35.9 Å². The smallest absolute Gasteiger partial charge is 0.407 e. The molecule has 0 radical (unpaired) electrons. The first-order valence-electron chi connectivity index (χ1n) is 17.0. The molecule has 51 heavy (non-hydrogen) atoms. The van der Waals surface area contributed by atoms with Gasteiger partial charge in [-0.3, -0.25) is 9.59 Å². The summed E-state index contributed by atoms with van der Waals surface area (Å²) in [5.41, 5.74) is 4.78. The van der Waals surface area contributed by atoms with E-state index >= 15 is 0 Å². The van der Waals surface area contributed by atoms with Crippen molar-refractivity contribution in [3.63, 3.8) is 0 Å². The largest absolute Gasteiger partial charge is 0.456 e. The normalized spacial score (nSPS) is 15.6. The van der Waals surface area contributed by atoms with Gasteiger partial charge in [0.15, 0.2) is 0 Å². The van der Waals surface area contributed by atoms with E-state index in [0.29, 0.717) is 35.9 Å². The van der Waals surface area contributed by atoms with Gasteiger partial charge >= 0.3 is 12.2 Å². The van der Waals surface area contributed by atoms with Crippen LogP contribution in [0.3, 0.4) is 0 Å². The quantitative estimate of drug-likeness (QED) is 0.137. The van der Waals surface area contributed by atoms with Crippen LogP contribution in [0.25, 0.3) is 44.5 Å². The molecule has 0 aliphatic carbocycles. The minimum absolute atomic E-state index is 0.143. The van der Waals surface area contributed by atoms with E-state index in [4.69, 9.17) is 9.40 Å². The van der Waals surface area contributed by atoms with Crippen LogP contribution in [0.15, 0.2) is 53.2 Å². The maximum Gasteiger partial charge on any atom is 0.407 e. The fourth-order valence-corrected chi connectivity index (χ4v) is 6.67. The number of methoxy groups -OCH3 is 2. The molecule has 15 nitrogen and oxygen atoms in total. The van der Waals surface area contributed by atoms with Crippen molar-refractivity contribution in [3.05, 3.63) is 60.4 Å². The number of hydrogen-bond acceptors (Lipinski definition) is 9. The van der Waals surface area contributed by atoms with E-state index in [2.05, 4.69) is 42.0 Å². The first-order valence-corrected chi connectivity index (χ1v) is 17.0. The number of amides is 4. The van der Waals surface area contributed by atoms with Gasteiger partial charge in [0.05, 0.1) is 50.6 Å². The summed E-state index contributed by atoms with van der Waals surface area (Å²) in [5.74, 6) is 1.13. The maximum absolute atomic E-state index is 13.0. The molecule has 5 aromatic rings. The average Bonchev–Trinajstić information content (AvgIpc) is 3.96. The predicted molar refractivity (Wildman–Crippen MR) is 188 cm³/mol. The van der Waals surface area contributed by atoms with Crippen LogP contribution in [-0.4, -0.2) is 94.1 Å². The van der Waals surface area contributed by atoms with Crippen LogP contribution in [0.4, 0.5) is 9.59 Å². The van der Waals surface area contributed by atoms with E-state index < -0.39 is 12.2 Å². The van der Waals surface area contributed by atoms with Gasteiger partial charge in [-0.05, 0) is 43.0 Å². The summed E-state index contributed by atoms with van der Waals surface area (Å²) in [6.07, 6.45) is 4.68. The number of hydrogen-bond donors (Lipinski definition) is 4. The lowest BCUT2D eigenvalue weighted by Gasteiger charge is -2.26. The van der Waals surface area contributed by atoms with Crippen molar-refractivity contribution in [2.45, 2.75) is 45.7 Å². The average molecular weight is 699 g/mol. The van der Waals surface area contributed by atoms with Crippen LogP contribution >= 0.6 is 0 Å². The molecular weight excluding hydrogens is 656 g/mol. The molecule has 4 amide bonds. The fourth-order valence-electron chi connectivity index (χ4n) is 6.67. The second kappa shape index (κ2) is 15.4. The molecule has 15 heteroatoms. The molecule has 268 valence electrons. The third-order valence-corrected chi connectivity index (χ3v) is 9.29. The number of carbonyl (C=O) groups excluding carboxylic acids is 4. The third kappa shape index (κ3) is 7.51. The van der Waals surface area contributed by atoms with E-state index in [0.717, 1.165) is 52.5 Å². The lowest BCUT2D eigenvalue weighted by Crippen LogP contribution is -2.40. The standard InChI is InChI=1S/C36H42N8O7/c1-5-12-43(31(45)18-39-35(47)49-3)20-30-37-16-26(41-30)22-7-9-24-25-10-8-23(15-29(25)51-28(24)14-22)27-17-38-34(42-27)33-21(6-2)11-13-44(33)32(46)19-40-36(48)50-4/h7-10,14-17,21,33H,5-6,11-13,18-20H2,1-4H3,(H,37,41)(H,38,42)(H,39,47)(H,40,48)/t21-,33+/m1/s1. The van der Waals surface area contributed by atoms with Gasteiger partial charge in [-0.25, -0.2) is 19.6 Å². The fraction of sp³-hybridized carbons (Fsp3) is 0.389. The molecule has 1 saturated heterocycles. The molecule has 1 fully saturated rings. The highest BCUT2D eigenvalue weighted by Crippen LogP contribution is 2.39. The molecule has 0 unspecified atom stereocenters. The van der Waals surface area contributed by atoms with Gasteiger partial charge in [0.2, 0.25) is 11.8 Å². The number of nitrogens with one attached hydrogen (secondary N) is 4. The molecule has 0 spiro atoms. The van der Waals surface area contributed by atoms with Crippen molar-refractivity contribution in [3.8, 4) is 22.5 Å². The van der Waals surface area contributed by atoms with Crippen LogP contribution in [0.5, 0.6) is 0 Å². The highest BCUT2D eigenvalue weighted by molar-refractivity contribution is 6.06. The molecule has 3 aromatic heterocycles. The summed E-state index contributed by atoms with van der Waals surface area (Å²) in [4.78, 5) is 68.1. The molecule has 1 aliphatic rings. The monoisotopic (exact) mass is 698 g/mol. The Morgan fingerprint density at radius 3 is 2.16 bits per heavy atom. The Bertz CT molecular complexity index is 2050. The van der Waals surface area contributed by atoms with Gasteiger partial charge in [-0.15, -0.1) is 0 Å². The molecule has 4 heterocycles. The SMILES string of the molecule is CCCN(Cc1ncc(-c2ccc3c(c2)oc2cc(-c4cnc([C@@H]5[C@H](CC)CCN5C(=O)CNC(=O)OC)[nH]4)ccc23)[nH]1)C(=O)CNC(=O)OC.